The van der Waals surface area contributed by atoms with Gasteiger partial charge in [-0.25, -0.2) is 4.98 Å². The van der Waals surface area contributed by atoms with Gasteiger partial charge in [-0.05, 0) is 43.3 Å². The summed E-state index contributed by atoms with van der Waals surface area (Å²) in [7, 11) is 0. The van der Waals surface area contributed by atoms with Crippen LogP contribution in [0, 0.1) is 6.92 Å². The highest BCUT2D eigenvalue weighted by atomic mass is 32.1. The van der Waals surface area contributed by atoms with Crippen LogP contribution in [0.5, 0.6) is 0 Å². The molecule has 4 aromatic rings. The Kier molecular flexibility index (Phi) is 5.02. The molecular weight excluding hydrogens is 398 g/mol. The molecule has 0 radical (unpaired) electrons. The van der Waals surface area contributed by atoms with Crippen LogP contribution in [0.25, 0.3) is 21.7 Å². The van der Waals surface area contributed by atoms with E-state index in [0.29, 0.717) is 30.4 Å². The largest absolute Gasteiger partial charge is 0.336 e. The highest BCUT2D eigenvalue weighted by Crippen LogP contribution is 2.23. The number of piperazine rings is 1. The molecule has 0 saturated carbocycles. The van der Waals surface area contributed by atoms with Crippen LogP contribution in [-0.4, -0.2) is 57.0 Å². The molecule has 8 heteroatoms. The van der Waals surface area contributed by atoms with Gasteiger partial charge < -0.3 is 9.42 Å². The van der Waals surface area contributed by atoms with Gasteiger partial charge in [0.1, 0.15) is 5.01 Å². The predicted molar refractivity (Wildman–Crippen MR) is 115 cm³/mol. The maximum absolute atomic E-state index is 12.9. The van der Waals surface area contributed by atoms with Gasteiger partial charge in [-0.1, -0.05) is 17.3 Å². The molecule has 0 atom stereocenters. The number of para-hydroxylation sites is 1. The van der Waals surface area contributed by atoms with Gasteiger partial charge >= 0.3 is 0 Å². The van der Waals surface area contributed by atoms with Crippen molar-refractivity contribution in [1.82, 2.24) is 24.9 Å². The Hall–Kier alpha value is -3.10. The van der Waals surface area contributed by atoms with Crippen LogP contribution in [0.4, 0.5) is 0 Å². The number of carbonyl (C=O) groups is 1. The van der Waals surface area contributed by atoms with Crippen molar-refractivity contribution < 1.29 is 9.32 Å². The Bertz CT molecular complexity index is 1140. The number of hydrogen-bond acceptors (Lipinski definition) is 7. The second-order valence-corrected chi connectivity index (χ2v) is 8.48. The Labute approximate surface area is 178 Å². The molecule has 5 rings (SSSR count). The van der Waals surface area contributed by atoms with Gasteiger partial charge in [0.25, 0.3) is 11.8 Å². The Morgan fingerprint density at radius 2 is 1.80 bits per heavy atom. The van der Waals surface area contributed by atoms with Crippen molar-refractivity contribution in [3.63, 3.8) is 0 Å². The van der Waals surface area contributed by atoms with Crippen molar-refractivity contribution in [2.75, 3.05) is 26.2 Å². The monoisotopic (exact) mass is 419 g/mol. The van der Waals surface area contributed by atoms with E-state index < -0.39 is 0 Å². The van der Waals surface area contributed by atoms with Crippen LogP contribution in [-0.2, 0) is 6.54 Å². The average Bonchev–Trinajstić information content (AvgIpc) is 3.39. The molecule has 0 spiro atoms. The average molecular weight is 420 g/mol. The third-order valence-corrected chi connectivity index (χ3v) is 6.28. The molecule has 1 aliphatic rings. The van der Waals surface area contributed by atoms with Crippen molar-refractivity contribution in [2.24, 2.45) is 0 Å². The topological polar surface area (TPSA) is 75.4 Å². The lowest BCUT2D eigenvalue weighted by atomic mass is 10.1. The van der Waals surface area contributed by atoms with E-state index in [0.717, 1.165) is 35.7 Å². The fourth-order valence-corrected chi connectivity index (χ4v) is 4.65. The summed E-state index contributed by atoms with van der Waals surface area (Å²) < 4.78 is 6.40. The minimum absolute atomic E-state index is 0.0582. The predicted octanol–water partition coefficient (Wildman–Crippen LogP) is 3.61. The number of benzene rings is 2. The number of fused-ring (bicyclic) bond motifs is 1. The summed E-state index contributed by atoms with van der Waals surface area (Å²) >= 11 is 1.75. The van der Waals surface area contributed by atoms with E-state index >= 15 is 0 Å². The summed E-state index contributed by atoms with van der Waals surface area (Å²) in [6.07, 6.45) is 0. The molecule has 1 aliphatic heterocycles. The van der Waals surface area contributed by atoms with Crippen LogP contribution in [0.2, 0.25) is 0 Å². The lowest BCUT2D eigenvalue weighted by Crippen LogP contribution is -2.48. The van der Waals surface area contributed by atoms with Crippen LogP contribution in [0.1, 0.15) is 21.2 Å². The van der Waals surface area contributed by atoms with Crippen molar-refractivity contribution in [2.45, 2.75) is 13.5 Å². The number of rotatable bonds is 4. The quantitative estimate of drug-likeness (QED) is 0.503. The smallest absolute Gasteiger partial charge is 0.257 e. The first-order valence-electron chi connectivity index (χ1n) is 9.92. The first kappa shape index (κ1) is 18.9. The van der Waals surface area contributed by atoms with Crippen LogP contribution in [0.3, 0.4) is 0 Å². The van der Waals surface area contributed by atoms with E-state index in [1.807, 2.05) is 41.3 Å². The summed E-state index contributed by atoms with van der Waals surface area (Å²) in [5, 5.41) is 4.93. The van der Waals surface area contributed by atoms with E-state index in [2.05, 4.69) is 27.2 Å². The Morgan fingerprint density at radius 1 is 1.03 bits per heavy atom. The number of nitrogens with zero attached hydrogens (tertiary/aromatic N) is 5. The number of hydrogen-bond donors (Lipinski definition) is 0. The molecule has 0 unspecified atom stereocenters. The number of thiazole rings is 1. The Balaban J connectivity index is 1.19. The molecule has 30 heavy (non-hydrogen) atoms. The molecule has 0 aliphatic carbocycles. The van der Waals surface area contributed by atoms with Crippen LogP contribution in [0.15, 0.2) is 53.1 Å². The highest BCUT2D eigenvalue weighted by Gasteiger charge is 2.23. The van der Waals surface area contributed by atoms with E-state index in [1.54, 1.807) is 18.3 Å². The zero-order valence-corrected chi connectivity index (χ0v) is 17.4. The minimum atomic E-state index is 0.0582. The summed E-state index contributed by atoms with van der Waals surface area (Å²) in [6, 6.07) is 15.6. The van der Waals surface area contributed by atoms with E-state index in [9.17, 15) is 4.79 Å². The highest BCUT2D eigenvalue weighted by molar-refractivity contribution is 7.18. The summed E-state index contributed by atoms with van der Waals surface area (Å²) in [5.41, 5.74) is 2.55. The van der Waals surface area contributed by atoms with Crippen molar-refractivity contribution in [3.05, 3.63) is 64.9 Å². The molecular formula is C22H21N5O2S. The SMILES string of the molecule is Cc1noc(-c2ccc(C(=O)N3CCN(Cc4nc5ccccc5s4)CC3)cc2)n1. The lowest BCUT2D eigenvalue weighted by molar-refractivity contribution is 0.0628. The zero-order valence-electron chi connectivity index (χ0n) is 16.6. The number of carbonyl (C=O) groups excluding carboxylic acids is 1. The molecule has 2 aromatic carbocycles. The van der Waals surface area contributed by atoms with Gasteiger partial charge in [0.15, 0.2) is 5.82 Å². The lowest BCUT2D eigenvalue weighted by Gasteiger charge is -2.34. The first-order chi connectivity index (χ1) is 14.7. The van der Waals surface area contributed by atoms with Gasteiger partial charge in [-0.3, -0.25) is 9.69 Å². The van der Waals surface area contributed by atoms with E-state index in [1.165, 1.54) is 4.70 Å². The van der Waals surface area contributed by atoms with Gasteiger partial charge in [0.2, 0.25) is 0 Å². The van der Waals surface area contributed by atoms with Crippen LogP contribution >= 0.6 is 11.3 Å². The van der Waals surface area contributed by atoms with E-state index in [4.69, 9.17) is 9.51 Å². The molecule has 0 bridgehead atoms. The number of aryl methyl sites for hydroxylation is 1. The normalized spacial score (nSPS) is 15.0. The molecule has 0 N–H and O–H groups in total. The molecule has 3 heterocycles. The fourth-order valence-electron chi connectivity index (χ4n) is 3.64. The van der Waals surface area contributed by atoms with Crippen LogP contribution < -0.4 is 0 Å². The summed E-state index contributed by atoms with van der Waals surface area (Å²) in [6.45, 7) is 5.74. The Morgan fingerprint density at radius 3 is 2.50 bits per heavy atom. The molecule has 1 amide bonds. The fraction of sp³-hybridized carbons (Fsp3) is 0.273. The zero-order chi connectivity index (χ0) is 20.5. The third-order valence-electron chi connectivity index (χ3n) is 5.26. The van der Waals surface area contributed by atoms with Crippen molar-refractivity contribution >= 4 is 27.5 Å². The molecule has 1 saturated heterocycles. The molecule has 1 fully saturated rings. The summed E-state index contributed by atoms with van der Waals surface area (Å²) in [5.74, 6) is 1.12. The van der Waals surface area contributed by atoms with E-state index in [-0.39, 0.29) is 5.91 Å². The third kappa shape index (κ3) is 3.83. The summed E-state index contributed by atoms with van der Waals surface area (Å²) in [4.78, 5) is 26.1. The van der Waals surface area contributed by atoms with Gasteiger partial charge in [0.05, 0.1) is 16.8 Å². The minimum Gasteiger partial charge on any atom is -0.336 e. The standard InChI is InChI=1S/C22H21N5O2S/c1-15-23-21(29-25-15)16-6-8-17(9-7-16)22(28)27-12-10-26(11-13-27)14-20-24-18-4-2-3-5-19(18)30-20/h2-9H,10-14H2,1H3. The van der Waals surface area contributed by atoms with Crippen molar-refractivity contribution in [3.8, 4) is 11.5 Å². The maximum Gasteiger partial charge on any atom is 0.257 e. The molecule has 152 valence electrons. The van der Waals surface area contributed by atoms with Crippen molar-refractivity contribution in [1.29, 1.82) is 0 Å². The maximum atomic E-state index is 12.9. The second-order valence-electron chi connectivity index (χ2n) is 7.37. The second kappa shape index (κ2) is 7.97. The number of aromatic nitrogens is 3. The van der Waals surface area contributed by atoms with Gasteiger partial charge in [-0.15, -0.1) is 11.3 Å². The van der Waals surface area contributed by atoms with Gasteiger partial charge in [-0.2, -0.15) is 4.98 Å². The first-order valence-corrected chi connectivity index (χ1v) is 10.7. The number of amides is 1. The molecule has 7 nitrogen and oxygen atoms in total. The molecule has 2 aromatic heterocycles. The van der Waals surface area contributed by atoms with Gasteiger partial charge in [0, 0.05) is 37.3 Å².